The number of ether oxygens (including phenoxy) is 2. The fraction of sp³-hybridized carbons (Fsp3) is 0.174. The van der Waals surface area contributed by atoms with Gasteiger partial charge in [0.25, 0.3) is 5.91 Å². The highest BCUT2D eigenvalue weighted by atomic mass is 32.2. The summed E-state index contributed by atoms with van der Waals surface area (Å²) in [5.41, 5.74) is 2.41. The van der Waals surface area contributed by atoms with Crippen molar-refractivity contribution in [2.24, 2.45) is 4.99 Å². The molecule has 1 heterocycles. The van der Waals surface area contributed by atoms with E-state index in [0.717, 1.165) is 5.56 Å². The second-order valence-electron chi connectivity index (χ2n) is 6.63. The molecule has 8 heteroatoms. The number of thioether (sulfide) groups is 1. The van der Waals surface area contributed by atoms with Crippen LogP contribution in [0.15, 0.2) is 59.0 Å². The highest BCUT2D eigenvalue weighted by Crippen LogP contribution is 2.36. The molecule has 160 valence electrons. The van der Waals surface area contributed by atoms with Crippen molar-refractivity contribution in [3.8, 4) is 11.5 Å². The molecule has 0 atom stereocenters. The number of carbonyl (C=O) groups is 2. The number of esters is 1. The van der Waals surface area contributed by atoms with Crippen molar-refractivity contribution in [3.05, 3.63) is 70.6 Å². The lowest BCUT2D eigenvalue weighted by molar-refractivity contribution is -0.121. The maximum Gasteiger partial charge on any atom is 0.337 e. The maximum absolute atomic E-state index is 12.7. The molecule has 2 aromatic rings. The van der Waals surface area contributed by atoms with Crippen LogP contribution in [-0.2, 0) is 16.0 Å². The van der Waals surface area contributed by atoms with Crippen LogP contribution in [0.4, 0.5) is 5.69 Å². The summed E-state index contributed by atoms with van der Waals surface area (Å²) in [6.07, 6.45) is 3.89. The Balaban J connectivity index is 1.90. The second-order valence-corrected chi connectivity index (χ2v) is 7.64. The van der Waals surface area contributed by atoms with Crippen LogP contribution < -0.4 is 4.74 Å². The minimum absolute atomic E-state index is 0.0599. The lowest BCUT2D eigenvalue weighted by atomic mass is 10.1. The number of aromatic hydroxyl groups is 1. The number of allylic oxidation sites excluding steroid dienone is 1. The summed E-state index contributed by atoms with van der Waals surface area (Å²) >= 11 is 1.24. The number of hydrogen-bond donors (Lipinski definition) is 1. The van der Waals surface area contributed by atoms with E-state index in [9.17, 15) is 14.7 Å². The van der Waals surface area contributed by atoms with E-state index in [0.29, 0.717) is 39.1 Å². The number of amides is 1. The van der Waals surface area contributed by atoms with E-state index in [1.807, 2.05) is 0 Å². The van der Waals surface area contributed by atoms with Gasteiger partial charge in [-0.25, -0.2) is 9.79 Å². The summed E-state index contributed by atoms with van der Waals surface area (Å²) in [4.78, 5) is 30.8. The lowest BCUT2D eigenvalue weighted by Crippen LogP contribution is -2.23. The molecule has 0 aromatic heterocycles. The summed E-state index contributed by atoms with van der Waals surface area (Å²) in [7, 11) is 4.45. The number of hydrogen-bond acceptors (Lipinski definition) is 7. The molecule has 0 spiro atoms. The first-order valence-corrected chi connectivity index (χ1v) is 10.1. The summed E-state index contributed by atoms with van der Waals surface area (Å²) in [6, 6.07) is 10.1. The quantitative estimate of drug-likeness (QED) is 0.414. The molecular formula is C23H22N2O5S. The van der Waals surface area contributed by atoms with Crippen LogP contribution in [0.3, 0.4) is 0 Å². The maximum atomic E-state index is 12.7. The first-order chi connectivity index (χ1) is 14.9. The molecular weight excluding hydrogens is 416 g/mol. The van der Waals surface area contributed by atoms with Crippen molar-refractivity contribution >= 4 is 40.6 Å². The van der Waals surface area contributed by atoms with Crippen molar-refractivity contribution in [1.29, 1.82) is 0 Å². The van der Waals surface area contributed by atoms with E-state index in [1.54, 1.807) is 55.6 Å². The third kappa shape index (κ3) is 4.80. The summed E-state index contributed by atoms with van der Waals surface area (Å²) in [5.74, 6) is -0.223. The van der Waals surface area contributed by atoms with Gasteiger partial charge in [0.05, 0.1) is 30.4 Å². The Morgan fingerprint density at radius 1 is 1.26 bits per heavy atom. The Morgan fingerprint density at radius 3 is 2.58 bits per heavy atom. The highest BCUT2D eigenvalue weighted by molar-refractivity contribution is 8.18. The van der Waals surface area contributed by atoms with Crippen LogP contribution in [0, 0.1) is 0 Å². The predicted octanol–water partition coefficient (Wildman–Crippen LogP) is 4.15. The van der Waals surface area contributed by atoms with Gasteiger partial charge < -0.3 is 14.6 Å². The van der Waals surface area contributed by atoms with E-state index >= 15 is 0 Å². The van der Waals surface area contributed by atoms with E-state index < -0.39 is 5.97 Å². The fourth-order valence-electron chi connectivity index (χ4n) is 2.94. The lowest BCUT2D eigenvalue weighted by Gasteiger charge is -2.09. The number of nitrogens with zero attached hydrogens (tertiary/aromatic N) is 2. The number of aliphatic imine (C=N–C) groups is 1. The first-order valence-electron chi connectivity index (χ1n) is 9.33. The molecule has 31 heavy (non-hydrogen) atoms. The van der Waals surface area contributed by atoms with Crippen molar-refractivity contribution in [2.75, 3.05) is 21.3 Å². The van der Waals surface area contributed by atoms with Crippen LogP contribution in [0.1, 0.15) is 21.5 Å². The SMILES string of the molecule is C=CCc1cc(C=C2SC(=Nc3ccc(C(=O)OC)cc3)N(C)C2=O)cc(OC)c1O. The van der Waals surface area contributed by atoms with Gasteiger partial charge in [0.1, 0.15) is 0 Å². The molecule has 0 unspecified atom stereocenters. The van der Waals surface area contributed by atoms with Gasteiger partial charge in [-0.15, -0.1) is 6.58 Å². The van der Waals surface area contributed by atoms with Gasteiger partial charge in [0.15, 0.2) is 16.7 Å². The third-order valence-corrected chi connectivity index (χ3v) is 5.63. The molecule has 3 rings (SSSR count). The Morgan fingerprint density at radius 2 is 1.97 bits per heavy atom. The van der Waals surface area contributed by atoms with Crippen molar-refractivity contribution in [2.45, 2.75) is 6.42 Å². The molecule has 0 radical (unpaired) electrons. The monoisotopic (exact) mass is 438 g/mol. The van der Waals surface area contributed by atoms with E-state index in [2.05, 4.69) is 16.3 Å². The summed E-state index contributed by atoms with van der Waals surface area (Å²) in [5, 5.41) is 10.8. The van der Waals surface area contributed by atoms with Crippen LogP contribution in [0.2, 0.25) is 0 Å². The number of phenolic OH excluding ortho intramolecular Hbond substituents is 1. The van der Waals surface area contributed by atoms with Crippen molar-refractivity contribution in [1.82, 2.24) is 4.90 Å². The molecule has 1 aliphatic heterocycles. The molecule has 0 aliphatic carbocycles. The third-order valence-electron chi connectivity index (χ3n) is 4.57. The minimum Gasteiger partial charge on any atom is -0.504 e. The average molecular weight is 439 g/mol. The zero-order valence-corrected chi connectivity index (χ0v) is 18.2. The van der Waals surface area contributed by atoms with E-state index in [-0.39, 0.29) is 11.7 Å². The van der Waals surface area contributed by atoms with Gasteiger partial charge in [0, 0.05) is 12.6 Å². The number of likely N-dealkylation sites (N-methyl/N-ethyl adjacent to an activating group) is 1. The Hall–Kier alpha value is -3.52. The molecule has 7 nitrogen and oxygen atoms in total. The molecule has 0 bridgehead atoms. The van der Waals surface area contributed by atoms with E-state index in [4.69, 9.17) is 4.74 Å². The van der Waals surface area contributed by atoms with Gasteiger partial charge >= 0.3 is 5.97 Å². The van der Waals surface area contributed by atoms with Gasteiger partial charge in [-0.2, -0.15) is 0 Å². The van der Waals surface area contributed by atoms with Crippen LogP contribution in [0.5, 0.6) is 11.5 Å². The molecule has 1 N–H and O–H groups in total. The van der Waals surface area contributed by atoms with Gasteiger partial charge in [0.2, 0.25) is 0 Å². The zero-order valence-electron chi connectivity index (χ0n) is 17.4. The Labute approximate surface area is 184 Å². The molecule has 2 aromatic carbocycles. The van der Waals surface area contributed by atoms with Gasteiger partial charge in [-0.05, 0) is 66.2 Å². The molecule has 1 saturated heterocycles. The summed E-state index contributed by atoms with van der Waals surface area (Å²) < 4.78 is 9.94. The number of rotatable bonds is 6. The van der Waals surface area contributed by atoms with Crippen molar-refractivity contribution in [3.63, 3.8) is 0 Å². The van der Waals surface area contributed by atoms with Crippen LogP contribution in [0.25, 0.3) is 6.08 Å². The number of amidine groups is 1. The standard InChI is InChI=1S/C23H22N2O5S/c1-5-6-16-11-14(12-18(29-3)20(16)26)13-19-21(27)25(2)23(31-19)24-17-9-7-15(8-10-17)22(28)30-4/h5,7-13,26H,1,6H2,2-4H3. The number of methoxy groups -OCH3 is 2. The van der Waals surface area contributed by atoms with Crippen LogP contribution >= 0.6 is 11.8 Å². The molecule has 1 aliphatic rings. The largest absolute Gasteiger partial charge is 0.504 e. The van der Waals surface area contributed by atoms with Gasteiger partial charge in [-0.1, -0.05) is 6.08 Å². The Kier molecular flexibility index (Phi) is 6.81. The normalized spacial score (nSPS) is 16.1. The fourth-order valence-corrected chi connectivity index (χ4v) is 3.93. The average Bonchev–Trinajstić information content (AvgIpc) is 3.03. The van der Waals surface area contributed by atoms with Crippen molar-refractivity contribution < 1.29 is 24.2 Å². The topological polar surface area (TPSA) is 88.4 Å². The molecule has 0 saturated carbocycles. The zero-order chi connectivity index (χ0) is 22.5. The first kappa shape index (κ1) is 22.2. The number of phenols is 1. The number of benzene rings is 2. The minimum atomic E-state index is -0.424. The smallest absolute Gasteiger partial charge is 0.337 e. The van der Waals surface area contributed by atoms with Crippen LogP contribution in [-0.4, -0.2) is 48.3 Å². The Bertz CT molecular complexity index is 1090. The second kappa shape index (κ2) is 9.53. The van der Waals surface area contributed by atoms with E-state index in [1.165, 1.54) is 30.9 Å². The number of carbonyl (C=O) groups excluding carboxylic acids is 2. The summed E-state index contributed by atoms with van der Waals surface area (Å²) in [6.45, 7) is 3.70. The predicted molar refractivity (Wildman–Crippen MR) is 122 cm³/mol. The van der Waals surface area contributed by atoms with Gasteiger partial charge in [-0.3, -0.25) is 9.69 Å². The molecule has 1 amide bonds. The highest BCUT2D eigenvalue weighted by Gasteiger charge is 2.30. The molecule has 1 fully saturated rings.